The van der Waals surface area contributed by atoms with Gasteiger partial charge in [-0.25, -0.2) is 5.43 Å². The Balaban J connectivity index is 1.57. The molecule has 1 amide bonds. The van der Waals surface area contributed by atoms with Crippen LogP contribution in [0.25, 0.3) is 0 Å². The van der Waals surface area contributed by atoms with Crippen molar-refractivity contribution in [3.8, 4) is 11.5 Å². The standard InChI is InChI=1S/C18H19N3O3/c1-2-15(20-14-6-4-3-5-7-14)18(22)21-19-11-13-8-9-16-17(10-13)24-12-23-16/h3-11,15,20H,2,12H2,1H3,(H,21,22)/b19-11+. The number of nitrogens with one attached hydrogen (secondary N) is 2. The highest BCUT2D eigenvalue weighted by Gasteiger charge is 2.15. The normalized spacial score (nSPS) is 13.7. The third-order valence-electron chi connectivity index (χ3n) is 3.62. The first-order chi connectivity index (χ1) is 11.8. The van der Waals surface area contributed by atoms with Crippen LogP contribution in [0.5, 0.6) is 11.5 Å². The van der Waals surface area contributed by atoms with Gasteiger partial charge in [0.2, 0.25) is 6.79 Å². The molecule has 0 spiro atoms. The Labute approximate surface area is 140 Å². The molecule has 2 aromatic rings. The van der Waals surface area contributed by atoms with E-state index in [1.54, 1.807) is 6.21 Å². The number of carbonyl (C=O) groups excluding carboxylic acids is 1. The summed E-state index contributed by atoms with van der Waals surface area (Å²) in [5.41, 5.74) is 4.29. The molecule has 0 saturated carbocycles. The molecule has 24 heavy (non-hydrogen) atoms. The number of carbonyl (C=O) groups is 1. The Morgan fingerprint density at radius 1 is 1.21 bits per heavy atom. The van der Waals surface area contributed by atoms with E-state index in [0.29, 0.717) is 17.9 Å². The van der Waals surface area contributed by atoms with Gasteiger partial charge in [-0.05, 0) is 42.3 Å². The van der Waals surface area contributed by atoms with Crippen LogP contribution < -0.4 is 20.2 Å². The van der Waals surface area contributed by atoms with E-state index in [1.807, 2.05) is 55.5 Å². The SMILES string of the molecule is CCC(Nc1ccccc1)C(=O)N/N=C/c1ccc2c(c1)OCO2. The number of hydrogen-bond acceptors (Lipinski definition) is 5. The van der Waals surface area contributed by atoms with Crippen molar-refractivity contribution in [1.29, 1.82) is 0 Å². The molecule has 1 atom stereocenters. The highest BCUT2D eigenvalue weighted by Crippen LogP contribution is 2.31. The number of benzene rings is 2. The maximum atomic E-state index is 12.2. The maximum Gasteiger partial charge on any atom is 0.262 e. The van der Waals surface area contributed by atoms with E-state index in [2.05, 4.69) is 15.8 Å². The van der Waals surface area contributed by atoms with E-state index >= 15 is 0 Å². The summed E-state index contributed by atoms with van der Waals surface area (Å²) in [6, 6.07) is 14.8. The van der Waals surface area contributed by atoms with Crippen molar-refractivity contribution in [3.63, 3.8) is 0 Å². The summed E-state index contributed by atoms with van der Waals surface area (Å²) < 4.78 is 10.6. The molecule has 0 aliphatic carbocycles. The lowest BCUT2D eigenvalue weighted by molar-refractivity contribution is -0.121. The predicted octanol–water partition coefficient (Wildman–Crippen LogP) is 2.76. The first-order valence-corrected chi connectivity index (χ1v) is 7.80. The van der Waals surface area contributed by atoms with Gasteiger partial charge in [-0.1, -0.05) is 25.1 Å². The Bertz CT molecular complexity index is 732. The van der Waals surface area contributed by atoms with Gasteiger partial charge in [0.1, 0.15) is 6.04 Å². The quantitative estimate of drug-likeness (QED) is 0.633. The van der Waals surface area contributed by atoms with Crippen molar-refractivity contribution in [2.24, 2.45) is 5.10 Å². The van der Waals surface area contributed by atoms with Crippen LogP contribution in [0.4, 0.5) is 5.69 Å². The Kier molecular flexibility index (Phi) is 4.96. The average molecular weight is 325 g/mol. The van der Waals surface area contributed by atoms with Crippen molar-refractivity contribution < 1.29 is 14.3 Å². The zero-order valence-corrected chi connectivity index (χ0v) is 13.4. The van der Waals surface area contributed by atoms with E-state index in [0.717, 1.165) is 11.3 Å². The largest absolute Gasteiger partial charge is 0.454 e. The number of para-hydroxylation sites is 1. The number of nitrogens with zero attached hydrogens (tertiary/aromatic N) is 1. The zero-order chi connectivity index (χ0) is 16.8. The number of fused-ring (bicyclic) bond motifs is 1. The lowest BCUT2D eigenvalue weighted by Crippen LogP contribution is -2.36. The van der Waals surface area contributed by atoms with E-state index in [4.69, 9.17) is 9.47 Å². The Morgan fingerprint density at radius 2 is 2.00 bits per heavy atom. The second-order valence-corrected chi connectivity index (χ2v) is 5.32. The molecule has 2 aromatic carbocycles. The van der Waals surface area contributed by atoms with Crippen LogP contribution in [0.1, 0.15) is 18.9 Å². The molecule has 0 fully saturated rings. The van der Waals surface area contributed by atoms with Crippen molar-refractivity contribution in [3.05, 3.63) is 54.1 Å². The number of anilines is 1. The van der Waals surface area contributed by atoms with Gasteiger partial charge in [0.15, 0.2) is 11.5 Å². The highest BCUT2D eigenvalue weighted by atomic mass is 16.7. The number of ether oxygens (including phenoxy) is 2. The average Bonchev–Trinajstić information content (AvgIpc) is 3.08. The summed E-state index contributed by atoms with van der Waals surface area (Å²) >= 11 is 0. The fraction of sp³-hybridized carbons (Fsp3) is 0.222. The van der Waals surface area contributed by atoms with Gasteiger partial charge in [-0.2, -0.15) is 5.10 Å². The second kappa shape index (κ2) is 7.50. The molecular weight excluding hydrogens is 306 g/mol. The third kappa shape index (κ3) is 3.84. The molecule has 1 heterocycles. The summed E-state index contributed by atoms with van der Waals surface area (Å²) in [6.45, 7) is 2.18. The lowest BCUT2D eigenvalue weighted by atomic mass is 10.2. The number of hydrazone groups is 1. The van der Waals surface area contributed by atoms with Crippen LogP contribution >= 0.6 is 0 Å². The van der Waals surface area contributed by atoms with Crippen molar-refractivity contribution in [2.45, 2.75) is 19.4 Å². The molecule has 1 aliphatic heterocycles. The van der Waals surface area contributed by atoms with E-state index in [-0.39, 0.29) is 18.7 Å². The van der Waals surface area contributed by atoms with Crippen LogP contribution in [0, 0.1) is 0 Å². The molecular formula is C18H19N3O3. The molecule has 1 unspecified atom stereocenters. The van der Waals surface area contributed by atoms with Gasteiger partial charge < -0.3 is 14.8 Å². The van der Waals surface area contributed by atoms with Crippen molar-refractivity contribution in [1.82, 2.24) is 5.43 Å². The molecule has 1 aliphatic rings. The van der Waals surface area contributed by atoms with Crippen LogP contribution in [-0.2, 0) is 4.79 Å². The summed E-state index contributed by atoms with van der Waals surface area (Å²) in [6.07, 6.45) is 2.23. The van der Waals surface area contributed by atoms with Crippen LogP contribution in [0.3, 0.4) is 0 Å². The molecule has 6 heteroatoms. The zero-order valence-electron chi connectivity index (χ0n) is 13.4. The van der Waals surface area contributed by atoms with Crippen LogP contribution in [-0.4, -0.2) is 25.0 Å². The van der Waals surface area contributed by atoms with Gasteiger partial charge in [0, 0.05) is 5.69 Å². The molecule has 2 N–H and O–H groups in total. The van der Waals surface area contributed by atoms with Crippen LogP contribution in [0.2, 0.25) is 0 Å². The minimum absolute atomic E-state index is 0.182. The Morgan fingerprint density at radius 3 is 2.79 bits per heavy atom. The van der Waals surface area contributed by atoms with Crippen molar-refractivity contribution >= 4 is 17.8 Å². The summed E-state index contributed by atoms with van der Waals surface area (Å²) in [5.74, 6) is 1.22. The molecule has 0 radical (unpaired) electrons. The van der Waals surface area contributed by atoms with Gasteiger partial charge in [-0.15, -0.1) is 0 Å². The maximum absolute atomic E-state index is 12.2. The first kappa shape index (κ1) is 15.9. The summed E-state index contributed by atoms with van der Waals surface area (Å²) in [5, 5.41) is 7.21. The van der Waals surface area contributed by atoms with Gasteiger partial charge >= 0.3 is 0 Å². The molecule has 0 saturated heterocycles. The fourth-order valence-corrected chi connectivity index (χ4v) is 2.33. The van der Waals surface area contributed by atoms with E-state index in [9.17, 15) is 4.79 Å². The third-order valence-corrected chi connectivity index (χ3v) is 3.62. The first-order valence-electron chi connectivity index (χ1n) is 7.80. The molecule has 0 aromatic heterocycles. The smallest absolute Gasteiger partial charge is 0.262 e. The summed E-state index contributed by atoms with van der Waals surface area (Å²) in [7, 11) is 0. The minimum Gasteiger partial charge on any atom is -0.454 e. The number of rotatable bonds is 6. The van der Waals surface area contributed by atoms with Gasteiger partial charge in [0.05, 0.1) is 6.21 Å². The second-order valence-electron chi connectivity index (χ2n) is 5.32. The number of amides is 1. The topological polar surface area (TPSA) is 72.0 Å². The van der Waals surface area contributed by atoms with Gasteiger partial charge in [0.25, 0.3) is 5.91 Å². The van der Waals surface area contributed by atoms with Crippen molar-refractivity contribution in [2.75, 3.05) is 12.1 Å². The minimum atomic E-state index is -0.346. The molecule has 6 nitrogen and oxygen atoms in total. The fourth-order valence-electron chi connectivity index (χ4n) is 2.33. The van der Waals surface area contributed by atoms with Crippen LogP contribution in [0.15, 0.2) is 53.6 Å². The summed E-state index contributed by atoms with van der Waals surface area (Å²) in [4.78, 5) is 12.2. The molecule has 124 valence electrons. The van der Waals surface area contributed by atoms with E-state index in [1.165, 1.54) is 0 Å². The number of hydrogen-bond donors (Lipinski definition) is 2. The van der Waals surface area contributed by atoms with Gasteiger partial charge in [-0.3, -0.25) is 4.79 Å². The molecule has 0 bridgehead atoms. The highest BCUT2D eigenvalue weighted by molar-refractivity contribution is 5.87. The van der Waals surface area contributed by atoms with E-state index < -0.39 is 0 Å². The monoisotopic (exact) mass is 325 g/mol. The predicted molar refractivity (Wildman–Crippen MR) is 92.4 cm³/mol. The molecule has 3 rings (SSSR count). The Hall–Kier alpha value is -3.02. The lowest BCUT2D eigenvalue weighted by Gasteiger charge is -2.16.